The van der Waals surface area contributed by atoms with E-state index in [0.29, 0.717) is 0 Å². The van der Waals surface area contributed by atoms with E-state index in [-0.39, 0.29) is 17.6 Å². The monoisotopic (exact) mass is 220 g/mol. The molecule has 0 amide bonds. The number of ether oxygens (including phenoxy) is 1. The highest BCUT2D eigenvalue weighted by Crippen LogP contribution is 2.24. The average molecular weight is 221 g/mol. The highest BCUT2D eigenvalue weighted by molar-refractivity contribution is 6.21. The topological polar surface area (TPSA) is 29.5 Å². The number of aliphatic hydroxyl groups is 1. The van der Waals surface area contributed by atoms with E-state index < -0.39 is 0 Å². The molecule has 0 aliphatic heterocycles. The molecule has 0 fully saturated rings. The van der Waals surface area contributed by atoms with Crippen LogP contribution in [0.2, 0.25) is 0 Å². The maximum absolute atomic E-state index is 8.67. The summed E-state index contributed by atoms with van der Waals surface area (Å²) in [5.74, 6) is 0. The predicted octanol–water partition coefficient (Wildman–Crippen LogP) is 2.74. The predicted molar refractivity (Wildman–Crippen MR) is 60.8 cm³/mol. The molecule has 14 heavy (non-hydrogen) atoms. The van der Waals surface area contributed by atoms with E-state index in [0.717, 1.165) is 12.8 Å². The van der Waals surface area contributed by atoms with Gasteiger partial charge >= 0.3 is 0 Å². The van der Waals surface area contributed by atoms with E-state index in [1.807, 2.05) is 26.8 Å². The Bertz CT molecular complexity index is 188. The SMILES string of the molecule is COC(C)(C)C(Cl)CC/C(C)=C\CO. The molecule has 0 spiro atoms. The van der Waals surface area contributed by atoms with Crippen LogP contribution in [-0.4, -0.2) is 29.8 Å². The summed E-state index contributed by atoms with van der Waals surface area (Å²) >= 11 is 6.20. The molecular weight excluding hydrogens is 200 g/mol. The Morgan fingerprint density at radius 2 is 2.14 bits per heavy atom. The first kappa shape index (κ1) is 13.9. The Morgan fingerprint density at radius 3 is 2.57 bits per heavy atom. The Hall–Kier alpha value is -0.0500. The molecule has 84 valence electrons. The second-order valence-corrected chi connectivity index (χ2v) is 4.57. The number of methoxy groups -OCH3 is 1. The molecule has 0 aromatic carbocycles. The van der Waals surface area contributed by atoms with Gasteiger partial charge in [-0.3, -0.25) is 0 Å². The smallest absolute Gasteiger partial charge is 0.0785 e. The quantitative estimate of drug-likeness (QED) is 0.551. The van der Waals surface area contributed by atoms with Crippen LogP contribution < -0.4 is 0 Å². The number of aliphatic hydroxyl groups excluding tert-OH is 1. The van der Waals surface area contributed by atoms with Crippen LogP contribution in [0.15, 0.2) is 11.6 Å². The van der Waals surface area contributed by atoms with Gasteiger partial charge in [0.15, 0.2) is 0 Å². The third-order valence-electron chi connectivity index (χ3n) is 2.51. The zero-order valence-electron chi connectivity index (χ0n) is 9.51. The van der Waals surface area contributed by atoms with Gasteiger partial charge in [-0.2, -0.15) is 0 Å². The van der Waals surface area contributed by atoms with Crippen molar-refractivity contribution < 1.29 is 9.84 Å². The van der Waals surface area contributed by atoms with Gasteiger partial charge < -0.3 is 9.84 Å². The van der Waals surface area contributed by atoms with Gasteiger partial charge in [0.2, 0.25) is 0 Å². The number of halogens is 1. The van der Waals surface area contributed by atoms with Gasteiger partial charge in [0.25, 0.3) is 0 Å². The van der Waals surface area contributed by atoms with Gasteiger partial charge in [0.1, 0.15) is 0 Å². The number of hydrogen-bond donors (Lipinski definition) is 1. The first-order valence-corrected chi connectivity index (χ1v) is 5.33. The highest BCUT2D eigenvalue weighted by atomic mass is 35.5. The maximum Gasteiger partial charge on any atom is 0.0785 e. The first-order valence-electron chi connectivity index (χ1n) is 4.89. The molecule has 0 aliphatic rings. The fourth-order valence-electron chi connectivity index (χ4n) is 1.09. The lowest BCUT2D eigenvalue weighted by molar-refractivity contribution is 0.0175. The summed E-state index contributed by atoms with van der Waals surface area (Å²) in [6.07, 6.45) is 3.58. The van der Waals surface area contributed by atoms with Crippen molar-refractivity contribution in [3.63, 3.8) is 0 Å². The molecule has 0 rings (SSSR count). The largest absolute Gasteiger partial charge is 0.392 e. The van der Waals surface area contributed by atoms with Crippen LogP contribution in [0.5, 0.6) is 0 Å². The summed E-state index contributed by atoms with van der Waals surface area (Å²) in [5, 5.41) is 8.67. The molecule has 0 aliphatic carbocycles. The van der Waals surface area contributed by atoms with Crippen LogP contribution in [0.3, 0.4) is 0 Å². The number of rotatable bonds is 6. The van der Waals surface area contributed by atoms with Crippen molar-refractivity contribution in [1.82, 2.24) is 0 Å². The normalized spacial score (nSPS) is 15.7. The van der Waals surface area contributed by atoms with Crippen LogP contribution in [0.25, 0.3) is 0 Å². The minimum absolute atomic E-state index is 0.00505. The van der Waals surface area contributed by atoms with Gasteiger partial charge in [-0.05, 0) is 33.6 Å². The van der Waals surface area contributed by atoms with Crippen molar-refractivity contribution in [2.45, 2.75) is 44.6 Å². The van der Waals surface area contributed by atoms with Crippen LogP contribution >= 0.6 is 11.6 Å². The maximum atomic E-state index is 8.67. The second-order valence-electron chi connectivity index (χ2n) is 4.05. The lowest BCUT2D eigenvalue weighted by Gasteiger charge is -2.28. The molecular formula is C11H21ClO2. The van der Waals surface area contributed by atoms with Crippen molar-refractivity contribution in [2.24, 2.45) is 0 Å². The third kappa shape index (κ3) is 4.99. The second kappa shape index (κ2) is 6.44. The molecule has 0 aromatic heterocycles. The molecule has 1 N–H and O–H groups in total. The van der Waals surface area contributed by atoms with Gasteiger partial charge in [-0.1, -0.05) is 11.6 Å². The zero-order chi connectivity index (χ0) is 11.2. The Labute approximate surface area is 91.9 Å². The minimum Gasteiger partial charge on any atom is -0.392 e. The van der Waals surface area contributed by atoms with E-state index in [9.17, 15) is 0 Å². The molecule has 1 atom stereocenters. The van der Waals surface area contributed by atoms with E-state index in [1.54, 1.807) is 7.11 Å². The van der Waals surface area contributed by atoms with Crippen LogP contribution in [-0.2, 0) is 4.74 Å². The summed E-state index contributed by atoms with van der Waals surface area (Å²) in [4.78, 5) is 0. The van der Waals surface area contributed by atoms with Crippen molar-refractivity contribution in [3.05, 3.63) is 11.6 Å². The number of hydrogen-bond acceptors (Lipinski definition) is 2. The minimum atomic E-state index is -0.291. The van der Waals surface area contributed by atoms with E-state index >= 15 is 0 Å². The molecule has 0 radical (unpaired) electrons. The third-order valence-corrected chi connectivity index (χ3v) is 3.26. The Balaban J connectivity index is 3.96. The lowest BCUT2D eigenvalue weighted by Crippen LogP contribution is -2.34. The van der Waals surface area contributed by atoms with Crippen molar-refractivity contribution in [3.8, 4) is 0 Å². The molecule has 0 bridgehead atoms. The van der Waals surface area contributed by atoms with Crippen LogP contribution in [0.4, 0.5) is 0 Å². The van der Waals surface area contributed by atoms with Crippen LogP contribution in [0.1, 0.15) is 33.6 Å². The summed E-state index contributed by atoms with van der Waals surface area (Å²) in [6.45, 7) is 6.07. The van der Waals surface area contributed by atoms with E-state index in [2.05, 4.69) is 0 Å². The first-order chi connectivity index (χ1) is 6.44. The van der Waals surface area contributed by atoms with Gasteiger partial charge in [0.05, 0.1) is 17.6 Å². The Morgan fingerprint density at radius 1 is 1.57 bits per heavy atom. The summed E-state index contributed by atoms with van der Waals surface area (Å²) < 4.78 is 5.29. The van der Waals surface area contributed by atoms with Crippen molar-refractivity contribution in [1.29, 1.82) is 0 Å². The molecule has 0 heterocycles. The molecule has 0 aromatic rings. The van der Waals surface area contributed by atoms with Gasteiger partial charge in [0, 0.05) is 7.11 Å². The highest BCUT2D eigenvalue weighted by Gasteiger charge is 2.26. The molecule has 0 saturated heterocycles. The average Bonchev–Trinajstić information content (AvgIpc) is 2.14. The zero-order valence-corrected chi connectivity index (χ0v) is 10.3. The molecule has 0 saturated carbocycles. The number of allylic oxidation sites excluding steroid dienone is 1. The van der Waals surface area contributed by atoms with Gasteiger partial charge in [-0.25, -0.2) is 0 Å². The molecule has 2 nitrogen and oxygen atoms in total. The standard InChI is InChI=1S/C11H21ClO2/c1-9(7-8-13)5-6-10(12)11(2,3)14-4/h7,10,13H,5-6,8H2,1-4H3/b9-7-. The van der Waals surface area contributed by atoms with E-state index in [1.165, 1.54) is 5.57 Å². The fraction of sp³-hybridized carbons (Fsp3) is 0.818. The van der Waals surface area contributed by atoms with E-state index in [4.69, 9.17) is 21.4 Å². The molecule has 3 heteroatoms. The molecule has 1 unspecified atom stereocenters. The van der Waals surface area contributed by atoms with Crippen molar-refractivity contribution in [2.75, 3.05) is 13.7 Å². The summed E-state index contributed by atoms with van der Waals surface area (Å²) in [6, 6.07) is 0. The summed E-state index contributed by atoms with van der Waals surface area (Å²) in [7, 11) is 1.67. The van der Waals surface area contributed by atoms with Crippen LogP contribution in [0, 0.1) is 0 Å². The number of alkyl halides is 1. The fourth-order valence-corrected chi connectivity index (χ4v) is 1.29. The summed E-state index contributed by atoms with van der Waals surface area (Å²) in [5.41, 5.74) is 0.881. The van der Waals surface area contributed by atoms with Crippen molar-refractivity contribution >= 4 is 11.6 Å². The Kier molecular flexibility index (Phi) is 6.41. The lowest BCUT2D eigenvalue weighted by atomic mass is 9.98. The van der Waals surface area contributed by atoms with Gasteiger partial charge in [-0.15, -0.1) is 11.6 Å².